The molecule has 246 valence electrons. The summed E-state index contributed by atoms with van der Waals surface area (Å²) in [5.74, 6) is 0. The summed E-state index contributed by atoms with van der Waals surface area (Å²) in [5, 5.41) is 19.6. The summed E-state index contributed by atoms with van der Waals surface area (Å²) < 4.78 is 0. The Labute approximate surface area is 282 Å². The minimum absolute atomic E-state index is 0. The van der Waals surface area contributed by atoms with Gasteiger partial charge in [0.05, 0.1) is 20.4 Å². The van der Waals surface area contributed by atoms with Crippen LogP contribution in [0, 0.1) is 0 Å². The quantitative estimate of drug-likeness (QED) is 0.154. The molecule has 0 radical (unpaired) electrons. The van der Waals surface area contributed by atoms with E-state index in [-0.39, 0.29) is 42.5 Å². The molecule has 2 aromatic carbocycles. The monoisotopic (exact) mass is 702 g/mol. The molecule has 4 rings (SSSR count). The second-order valence-corrected chi connectivity index (χ2v) is 31.4. The Hall–Kier alpha value is 0.353. The van der Waals surface area contributed by atoms with Crippen LogP contribution in [-0.4, -0.2) is 65.0 Å². The SMILES string of the molecule is CC(C)(C)P(Cc1c(C(P)(C2NCCCN2)C2NCCCN2)cc([Si](C)(C)C)[c-]1[Si](C)(C)C)C(C)(C)C.[Fe+2].c1cc[cH-]c1. The Morgan fingerprint density at radius 2 is 1.23 bits per heavy atom. The largest absolute Gasteiger partial charge is 2.00 e. The molecule has 2 aliphatic rings. The zero-order valence-electron chi connectivity index (χ0n) is 29.4. The van der Waals surface area contributed by atoms with Crippen molar-refractivity contribution >= 4 is 43.7 Å². The van der Waals surface area contributed by atoms with Crippen molar-refractivity contribution in [3.05, 3.63) is 47.5 Å². The van der Waals surface area contributed by atoms with Crippen molar-refractivity contribution < 1.29 is 17.1 Å². The van der Waals surface area contributed by atoms with Crippen molar-refractivity contribution in [3.8, 4) is 0 Å². The number of nitrogens with one attached hydrogen (secondary N) is 4. The van der Waals surface area contributed by atoms with Crippen molar-refractivity contribution in [2.24, 2.45) is 0 Å². The van der Waals surface area contributed by atoms with Gasteiger partial charge in [0, 0.05) is 13.2 Å². The Bertz CT molecular complexity index is 1050. The van der Waals surface area contributed by atoms with Gasteiger partial charge in [-0.25, -0.2) is 18.2 Å². The summed E-state index contributed by atoms with van der Waals surface area (Å²) in [6, 6.07) is 12.7. The number of rotatable bonds is 7. The van der Waals surface area contributed by atoms with E-state index < -0.39 is 16.1 Å². The van der Waals surface area contributed by atoms with E-state index in [1.165, 1.54) is 19.0 Å². The molecule has 0 aliphatic carbocycles. The molecule has 0 amide bonds. The van der Waals surface area contributed by atoms with E-state index in [2.05, 4.69) is 117 Å². The van der Waals surface area contributed by atoms with Crippen molar-refractivity contribution in [2.45, 2.75) is 128 Å². The summed E-state index contributed by atoms with van der Waals surface area (Å²) in [7, 11) is -0.0142. The van der Waals surface area contributed by atoms with Gasteiger partial charge >= 0.3 is 17.1 Å². The molecule has 0 bridgehead atoms. The Balaban J connectivity index is 0.000000973. The van der Waals surface area contributed by atoms with Crippen LogP contribution in [0.2, 0.25) is 39.3 Å². The molecule has 4 N–H and O–H groups in total. The molecule has 0 spiro atoms. The van der Waals surface area contributed by atoms with Gasteiger partial charge in [0.1, 0.15) is 0 Å². The summed E-state index contributed by atoms with van der Waals surface area (Å²) in [5.41, 5.74) is 3.30. The van der Waals surface area contributed by atoms with E-state index >= 15 is 0 Å². The summed E-state index contributed by atoms with van der Waals surface area (Å²) in [6.45, 7) is 34.7. The van der Waals surface area contributed by atoms with Gasteiger partial charge in [-0.1, -0.05) is 88.7 Å². The first-order valence-electron chi connectivity index (χ1n) is 16.3. The molecule has 2 heterocycles. The van der Waals surface area contributed by atoms with Gasteiger partial charge in [-0.3, -0.25) is 0 Å². The predicted molar refractivity (Wildman–Crippen MR) is 200 cm³/mol. The van der Waals surface area contributed by atoms with Crippen LogP contribution in [0.3, 0.4) is 0 Å². The zero-order valence-corrected chi connectivity index (χ0v) is 34.6. The van der Waals surface area contributed by atoms with Crippen molar-refractivity contribution in [1.82, 2.24) is 21.3 Å². The third-order valence-electron chi connectivity index (χ3n) is 8.76. The van der Waals surface area contributed by atoms with Gasteiger partial charge < -0.3 is 21.3 Å². The third-order valence-corrected chi connectivity index (χ3v) is 17.9. The first-order valence-corrected chi connectivity index (χ1v) is 25.4. The maximum atomic E-state index is 3.92. The molecule has 1 unspecified atom stereocenters. The summed E-state index contributed by atoms with van der Waals surface area (Å²) in [6.07, 6.45) is 4.04. The van der Waals surface area contributed by atoms with Crippen molar-refractivity contribution in [2.75, 3.05) is 26.2 Å². The molecule has 2 fully saturated rings. The van der Waals surface area contributed by atoms with Gasteiger partial charge in [-0.05, 0) is 55.5 Å². The fourth-order valence-corrected chi connectivity index (χ4v) is 17.2. The van der Waals surface area contributed by atoms with Crippen LogP contribution in [0.25, 0.3) is 0 Å². The number of hydrogen-bond donors (Lipinski definition) is 4. The van der Waals surface area contributed by atoms with Crippen LogP contribution < -0.4 is 31.6 Å². The maximum Gasteiger partial charge on any atom is 2.00 e. The summed E-state index contributed by atoms with van der Waals surface area (Å²) in [4.78, 5) is 0. The standard InChI is InChI=1S/C29H59N4P2Si2.C5H5.Fe/c1-27(2,3)35(28(4,5)6)20-21-22(19-23(36(7,8)9)24(21)37(10,11)12)29(34,25-30-15-13-16-31-25)26-32-17-14-18-33-26;1-2-4-5-3-1;/h19,25-26,30-33H,13-18,20,34H2,1-12H3;1-5H;/q2*-1;+2. The second kappa shape index (κ2) is 15.5. The Morgan fingerprint density at radius 1 is 0.814 bits per heavy atom. The van der Waals surface area contributed by atoms with E-state index in [0.717, 1.165) is 26.2 Å². The van der Waals surface area contributed by atoms with Crippen LogP contribution in [-0.2, 0) is 28.4 Å². The molecule has 2 aliphatic heterocycles. The topological polar surface area (TPSA) is 48.1 Å². The first-order chi connectivity index (χ1) is 19.3. The molecular formula is C34H64FeN4P2Si2. The average Bonchev–Trinajstić information content (AvgIpc) is 3.58. The fourth-order valence-electron chi connectivity index (χ4n) is 7.02. The molecule has 2 aromatic rings. The Morgan fingerprint density at radius 3 is 1.53 bits per heavy atom. The van der Waals surface area contributed by atoms with Crippen molar-refractivity contribution in [3.63, 3.8) is 0 Å². The Kier molecular flexibility index (Phi) is 14.3. The molecule has 2 saturated heterocycles. The molecule has 9 heteroatoms. The minimum atomic E-state index is -1.62. The molecule has 1 atom stereocenters. The molecule has 4 nitrogen and oxygen atoms in total. The van der Waals surface area contributed by atoms with E-state index in [9.17, 15) is 0 Å². The van der Waals surface area contributed by atoms with Crippen LogP contribution in [0.4, 0.5) is 0 Å². The van der Waals surface area contributed by atoms with Gasteiger partial charge in [0.25, 0.3) is 0 Å². The van der Waals surface area contributed by atoms with Crippen molar-refractivity contribution in [1.29, 1.82) is 0 Å². The molecule has 0 saturated carbocycles. The van der Waals surface area contributed by atoms with E-state index in [4.69, 9.17) is 0 Å². The van der Waals surface area contributed by atoms with Crippen LogP contribution in [0.15, 0.2) is 36.4 Å². The fraction of sp³-hybridized carbons (Fsp3) is 0.706. The maximum absolute atomic E-state index is 3.92. The summed E-state index contributed by atoms with van der Waals surface area (Å²) >= 11 is 0. The average molecular weight is 703 g/mol. The van der Waals surface area contributed by atoms with Gasteiger partial charge in [-0.15, -0.1) is 9.24 Å². The predicted octanol–water partition coefficient (Wildman–Crippen LogP) is 6.37. The number of hydrogen-bond acceptors (Lipinski definition) is 4. The van der Waals surface area contributed by atoms with Gasteiger partial charge in [0.15, 0.2) is 0 Å². The van der Waals surface area contributed by atoms with Gasteiger partial charge in [0.2, 0.25) is 0 Å². The smallest absolute Gasteiger partial charge is 0.302 e. The van der Waals surface area contributed by atoms with Crippen LogP contribution in [0.5, 0.6) is 0 Å². The van der Waals surface area contributed by atoms with Crippen LogP contribution >= 0.6 is 17.2 Å². The van der Waals surface area contributed by atoms with E-state index in [0.29, 0.717) is 10.3 Å². The zero-order chi connectivity index (χ0) is 31.6. The second-order valence-electron chi connectivity index (χ2n) is 16.5. The normalized spacial score (nSPS) is 18.3. The molecule has 43 heavy (non-hydrogen) atoms. The van der Waals surface area contributed by atoms with Crippen LogP contribution in [0.1, 0.15) is 65.5 Å². The van der Waals surface area contributed by atoms with E-state index in [1.807, 2.05) is 30.3 Å². The third kappa shape index (κ3) is 9.93. The molecule has 0 aromatic heterocycles. The molecular weight excluding hydrogens is 638 g/mol. The minimum Gasteiger partial charge on any atom is -0.302 e. The van der Waals surface area contributed by atoms with E-state index in [1.54, 1.807) is 21.5 Å². The first kappa shape index (κ1) is 39.5. The van der Waals surface area contributed by atoms with Gasteiger partial charge in [-0.2, -0.15) is 39.7 Å².